The molecule has 22 heavy (non-hydrogen) atoms. The van der Waals surface area contributed by atoms with Crippen LogP contribution in [0.4, 0.5) is 0 Å². The van der Waals surface area contributed by atoms with Crippen LogP contribution >= 0.6 is 0 Å². The SMILES string of the molecule is N#CC(N)=C(C#N)N=Cc1cccc(Oc2ccccc2)c1. The number of aliphatic imine (C=N–C) groups is 1. The maximum absolute atomic E-state index is 8.88. The molecule has 5 nitrogen and oxygen atoms in total. The van der Waals surface area contributed by atoms with Crippen molar-refractivity contribution in [3.05, 3.63) is 71.6 Å². The molecule has 0 fully saturated rings. The summed E-state index contributed by atoms with van der Waals surface area (Å²) < 4.78 is 5.71. The molecule has 0 radical (unpaired) electrons. The van der Waals surface area contributed by atoms with E-state index in [1.807, 2.05) is 42.5 Å². The molecule has 0 atom stereocenters. The van der Waals surface area contributed by atoms with Crippen molar-refractivity contribution in [1.29, 1.82) is 10.5 Å². The van der Waals surface area contributed by atoms with E-state index in [0.717, 1.165) is 11.3 Å². The van der Waals surface area contributed by atoms with Gasteiger partial charge in [-0.3, -0.25) is 0 Å². The smallest absolute Gasteiger partial charge is 0.174 e. The standard InChI is InChI=1S/C17H12N4O/c18-10-16(20)17(11-19)21-12-13-5-4-8-15(9-13)22-14-6-2-1-3-7-14/h1-9,12H,20H2. The van der Waals surface area contributed by atoms with Crippen LogP contribution in [-0.2, 0) is 0 Å². The van der Waals surface area contributed by atoms with Crippen LogP contribution in [0, 0.1) is 22.7 Å². The fraction of sp³-hybridized carbons (Fsp3) is 0. The predicted octanol–water partition coefficient (Wildman–Crippen LogP) is 3.12. The quantitative estimate of drug-likeness (QED) is 0.690. The summed E-state index contributed by atoms with van der Waals surface area (Å²) >= 11 is 0. The largest absolute Gasteiger partial charge is 0.457 e. The van der Waals surface area contributed by atoms with Crippen molar-refractivity contribution in [1.82, 2.24) is 0 Å². The molecule has 0 heterocycles. The number of hydrogen-bond acceptors (Lipinski definition) is 5. The summed E-state index contributed by atoms with van der Waals surface area (Å²) in [5.41, 5.74) is 5.78. The summed E-state index contributed by atoms with van der Waals surface area (Å²) in [7, 11) is 0. The Morgan fingerprint density at radius 1 is 1.00 bits per heavy atom. The van der Waals surface area contributed by atoms with E-state index >= 15 is 0 Å². The van der Waals surface area contributed by atoms with Crippen LogP contribution in [0.5, 0.6) is 11.5 Å². The topological polar surface area (TPSA) is 95.2 Å². The molecule has 5 heteroatoms. The van der Waals surface area contributed by atoms with Gasteiger partial charge in [0.15, 0.2) is 5.70 Å². The number of ether oxygens (including phenoxy) is 1. The number of allylic oxidation sites excluding steroid dienone is 2. The molecule has 2 aromatic carbocycles. The van der Waals surface area contributed by atoms with Gasteiger partial charge in [-0.1, -0.05) is 30.3 Å². The highest BCUT2D eigenvalue weighted by molar-refractivity contribution is 5.81. The second kappa shape index (κ2) is 7.28. The average molecular weight is 288 g/mol. The van der Waals surface area contributed by atoms with Crippen LogP contribution in [0.1, 0.15) is 5.56 Å². The van der Waals surface area contributed by atoms with Crippen LogP contribution in [0.25, 0.3) is 0 Å². The van der Waals surface area contributed by atoms with Gasteiger partial charge in [0.2, 0.25) is 0 Å². The lowest BCUT2D eigenvalue weighted by molar-refractivity contribution is 0.482. The summed E-state index contributed by atoms with van der Waals surface area (Å²) in [6.07, 6.45) is 1.46. The van der Waals surface area contributed by atoms with Crippen LogP contribution in [-0.4, -0.2) is 6.21 Å². The molecule has 2 aromatic rings. The molecular weight excluding hydrogens is 276 g/mol. The van der Waals surface area contributed by atoms with Gasteiger partial charge in [0.05, 0.1) is 0 Å². The minimum absolute atomic E-state index is 0.114. The van der Waals surface area contributed by atoms with Gasteiger partial charge < -0.3 is 10.5 Å². The number of nitrogens with zero attached hydrogens (tertiary/aromatic N) is 3. The first-order chi connectivity index (χ1) is 10.7. The molecule has 0 saturated carbocycles. The maximum atomic E-state index is 8.88. The lowest BCUT2D eigenvalue weighted by atomic mass is 10.2. The molecule has 106 valence electrons. The predicted molar refractivity (Wildman–Crippen MR) is 83.0 cm³/mol. The highest BCUT2D eigenvalue weighted by Crippen LogP contribution is 2.21. The Bertz CT molecular complexity index is 795. The van der Waals surface area contributed by atoms with E-state index in [-0.39, 0.29) is 11.4 Å². The van der Waals surface area contributed by atoms with Gasteiger partial charge in [-0.25, -0.2) is 4.99 Å². The van der Waals surface area contributed by atoms with Gasteiger partial charge in [-0.15, -0.1) is 0 Å². The monoisotopic (exact) mass is 288 g/mol. The molecule has 0 saturated heterocycles. The highest BCUT2D eigenvalue weighted by atomic mass is 16.5. The van der Waals surface area contributed by atoms with Crippen molar-refractivity contribution in [2.24, 2.45) is 10.7 Å². The summed E-state index contributed by atoms with van der Waals surface area (Å²) in [5, 5.41) is 17.5. The average Bonchev–Trinajstić information content (AvgIpc) is 2.56. The molecule has 0 aliphatic rings. The summed E-state index contributed by atoms with van der Waals surface area (Å²) in [5.74, 6) is 1.37. The molecule has 0 spiro atoms. The van der Waals surface area contributed by atoms with Gasteiger partial charge in [-0.05, 0) is 29.8 Å². The van der Waals surface area contributed by atoms with Crippen molar-refractivity contribution in [2.75, 3.05) is 0 Å². The lowest BCUT2D eigenvalue weighted by Crippen LogP contribution is -1.97. The Hall–Kier alpha value is -3.57. The first kappa shape index (κ1) is 14.8. The third-order valence-corrected chi connectivity index (χ3v) is 2.66. The van der Waals surface area contributed by atoms with Crippen molar-refractivity contribution in [2.45, 2.75) is 0 Å². The number of rotatable bonds is 4. The Morgan fingerprint density at radius 3 is 2.41 bits per heavy atom. The Kier molecular flexibility index (Phi) is 4.90. The van der Waals surface area contributed by atoms with E-state index in [1.54, 1.807) is 24.3 Å². The van der Waals surface area contributed by atoms with Gasteiger partial charge in [-0.2, -0.15) is 10.5 Å². The molecule has 0 amide bonds. The minimum Gasteiger partial charge on any atom is -0.457 e. The summed E-state index contributed by atoms with van der Waals surface area (Å²) in [4.78, 5) is 3.92. The summed E-state index contributed by atoms with van der Waals surface area (Å²) in [6.45, 7) is 0. The van der Waals surface area contributed by atoms with E-state index < -0.39 is 0 Å². The third kappa shape index (κ3) is 3.96. The zero-order valence-electron chi connectivity index (χ0n) is 11.6. The Labute approximate surface area is 128 Å². The first-order valence-electron chi connectivity index (χ1n) is 6.40. The van der Waals surface area contributed by atoms with Crippen LogP contribution in [0.15, 0.2) is 71.0 Å². The molecule has 0 aliphatic carbocycles. The van der Waals surface area contributed by atoms with Gasteiger partial charge in [0.1, 0.15) is 29.3 Å². The number of nitriles is 2. The van der Waals surface area contributed by atoms with Crippen LogP contribution < -0.4 is 10.5 Å². The van der Waals surface area contributed by atoms with Crippen molar-refractivity contribution >= 4 is 6.21 Å². The number of nitrogens with two attached hydrogens (primary N) is 1. The molecule has 0 unspecified atom stereocenters. The fourth-order valence-corrected chi connectivity index (χ4v) is 1.63. The Morgan fingerprint density at radius 2 is 1.73 bits per heavy atom. The highest BCUT2D eigenvalue weighted by Gasteiger charge is 2.00. The molecule has 2 rings (SSSR count). The number of hydrogen-bond donors (Lipinski definition) is 1. The molecule has 2 N–H and O–H groups in total. The molecule has 0 aliphatic heterocycles. The minimum atomic E-state index is -0.213. The van der Waals surface area contributed by atoms with E-state index in [0.29, 0.717) is 5.75 Å². The van der Waals surface area contributed by atoms with Crippen molar-refractivity contribution < 1.29 is 4.74 Å². The van der Waals surface area contributed by atoms with Crippen LogP contribution in [0.2, 0.25) is 0 Å². The van der Waals surface area contributed by atoms with E-state index in [2.05, 4.69) is 4.99 Å². The zero-order valence-corrected chi connectivity index (χ0v) is 11.6. The maximum Gasteiger partial charge on any atom is 0.174 e. The third-order valence-electron chi connectivity index (χ3n) is 2.66. The van der Waals surface area contributed by atoms with Crippen molar-refractivity contribution in [3.63, 3.8) is 0 Å². The normalized spacial score (nSPS) is 11.4. The molecule has 0 aromatic heterocycles. The van der Waals surface area contributed by atoms with Crippen molar-refractivity contribution in [3.8, 4) is 23.6 Å². The second-order valence-electron chi connectivity index (χ2n) is 4.23. The van der Waals surface area contributed by atoms with E-state index in [1.165, 1.54) is 6.21 Å². The van der Waals surface area contributed by atoms with Gasteiger partial charge in [0.25, 0.3) is 0 Å². The van der Waals surface area contributed by atoms with Gasteiger partial charge in [0, 0.05) is 6.21 Å². The zero-order chi connectivity index (χ0) is 15.8. The molecular formula is C17H12N4O. The Balaban J connectivity index is 2.19. The second-order valence-corrected chi connectivity index (χ2v) is 4.23. The fourth-order valence-electron chi connectivity index (χ4n) is 1.63. The lowest BCUT2D eigenvalue weighted by Gasteiger charge is -2.05. The van der Waals surface area contributed by atoms with E-state index in [9.17, 15) is 0 Å². The van der Waals surface area contributed by atoms with E-state index in [4.69, 9.17) is 21.0 Å². The number of benzene rings is 2. The first-order valence-corrected chi connectivity index (χ1v) is 6.40. The van der Waals surface area contributed by atoms with Crippen LogP contribution in [0.3, 0.4) is 0 Å². The summed E-state index contributed by atoms with van der Waals surface area (Å²) in [6, 6.07) is 20.1. The number of para-hydroxylation sites is 1. The van der Waals surface area contributed by atoms with Gasteiger partial charge >= 0.3 is 0 Å². The molecule has 0 bridgehead atoms.